The average Bonchev–Trinajstić information content (AvgIpc) is 2.57. The summed E-state index contributed by atoms with van der Waals surface area (Å²) in [6, 6.07) is 0. The summed E-state index contributed by atoms with van der Waals surface area (Å²) in [7, 11) is -3.31. The van der Waals surface area contributed by atoms with Crippen LogP contribution in [-0.2, 0) is 21.2 Å². The maximum atomic E-state index is 11.7. The van der Waals surface area contributed by atoms with Crippen molar-refractivity contribution < 1.29 is 13.2 Å². The number of aryl methyl sites for hydroxylation is 2. The molecule has 0 saturated heterocycles. The van der Waals surface area contributed by atoms with Crippen molar-refractivity contribution in [1.82, 2.24) is 9.78 Å². The molecule has 1 aromatic rings. The fourth-order valence-electron chi connectivity index (χ4n) is 1.78. The van der Waals surface area contributed by atoms with E-state index in [0.29, 0.717) is 11.4 Å². The van der Waals surface area contributed by atoms with Gasteiger partial charge in [0, 0.05) is 12.3 Å². The zero-order valence-corrected chi connectivity index (χ0v) is 12.7. The number of carbonyl (C=O) groups excluding carboxylic acids is 1. The Hall–Kier alpha value is -1.37. The monoisotopic (exact) mass is 287 g/mol. The Morgan fingerprint density at radius 2 is 1.95 bits per heavy atom. The number of anilines is 1. The van der Waals surface area contributed by atoms with Crippen LogP contribution in [0.25, 0.3) is 0 Å². The van der Waals surface area contributed by atoms with Crippen LogP contribution < -0.4 is 5.32 Å². The van der Waals surface area contributed by atoms with Crippen LogP contribution in [0.5, 0.6) is 0 Å². The Kier molecular flexibility index (Phi) is 5.11. The molecule has 0 aromatic carbocycles. The molecule has 0 aliphatic rings. The molecule has 1 heterocycles. The number of nitrogens with zero attached hydrogens (tertiary/aromatic N) is 2. The van der Waals surface area contributed by atoms with Gasteiger partial charge in [0.1, 0.15) is 5.75 Å². The zero-order valence-electron chi connectivity index (χ0n) is 11.9. The number of hydrogen-bond donors (Lipinski definition) is 1. The molecule has 108 valence electrons. The van der Waals surface area contributed by atoms with Crippen LogP contribution in [0.1, 0.15) is 31.7 Å². The molecule has 0 saturated carbocycles. The molecule has 0 aliphatic carbocycles. The normalized spacial score (nSPS) is 11.6. The van der Waals surface area contributed by atoms with E-state index in [1.807, 2.05) is 18.5 Å². The lowest BCUT2D eigenvalue weighted by molar-refractivity contribution is -0.113. The molecule has 1 aromatic heterocycles. The number of carbonyl (C=O) groups is 1. The molecular formula is C12H21N3O3S. The Morgan fingerprint density at radius 1 is 1.32 bits per heavy atom. The van der Waals surface area contributed by atoms with Crippen molar-refractivity contribution in [1.29, 1.82) is 0 Å². The van der Waals surface area contributed by atoms with Gasteiger partial charge in [0.25, 0.3) is 0 Å². The standard InChI is InChI=1S/C12H21N3O3S/c1-5-7-15-10(4)12(9(3)14-15)13-11(16)8-19(17,18)6-2/h5-8H2,1-4H3,(H,13,16). The predicted molar refractivity (Wildman–Crippen MR) is 74.9 cm³/mol. The third-order valence-electron chi connectivity index (χ3n) is 2.87. The molecule has 0 spiro atoms. The number of nitrogens with one attached hydrogen (secondary N) is 1. The summed E-state index contributed by atoms with van der Waals surface area (Å²) >= 11 is 0. The number of amides is 1. The predicted octanol–water partition coefficient (Wildman–Crippen LogP) is 1.28. The van der Waals surface area contributed by atoms with E-state index in [4.69, 9.17) is 0 Å². The van der Waals surface area contributed by atoms with Gasteiger partial charge < -0.3 is 5.32 Å². The van der Waals surface area contributed by atoms with E-state index in [-0.39, 0.29) is 5.75 Å². The minimum atomic E-state index is -3.31. The first-order valence-electron chi connectivity index (χ1n) is 6.35. The minimum Gasteiger partial charge on any atom is -0.322 e. The summed E-state index contributed by atoms with van der Waals surface area (Å²) in [4.78, 5) is 11.7. The van der Waals surface area contributed by atoms with Crippen molar-refractivity contribution >= 4 is 21.4 Å². The van der Waals surface area contributed by atoms with Crippen LogP contribution >= 0.6 is 0 Å². The van der Waals surface area contributed by atoms with Crippen LogP contribution in [0.4, 0.5) is 5.69 Å². The van der Waals surface area contributed by atoms with Crippen molar-refractivity contribution in [2.75, 3.05) is 16.8 Å². The van der Waals surface area contributed by atoms with Crippen LogP contribution in [-0.4, -0.2) is 35.6 Å². The van der Waals surface area contributed by atoms with Crippen LogP contribution in [0, 0.1) is 13.8 Å². The molecule has 0 aliphatic heterocycles. The van der Waals surface area contributed by atoms with E-state index < -0.39 is 21.5 Å². The highest BCUT2D eigenvalue weighted by atomic mass is 32.2. The fourth-order valence-corrected chi connectivity index (χ4v) is 2.46. The molecule has 7 heteroatoms. The van der Waals surface area contributed by atoms with Gasteiger partial charge in [-0.2, -0.15) is 5.10 Å². The van der Waals surface area contributed by atoms with Crippen molar-refractivity contribution in [3.05, 3.63) is 11.4 Å². The van der Waals surface area contributed by atoms with Gasteiger partial charge in [-0.1, -0.05) is 13.8 Å². The summed E-state index contributed by atoms with van der Waals surface area (Å²) in [5.74, 6) is -1.03. The van der Waals surface area contributed by atoms with E-state index in [1.54, 1.807) is 6.92 Å². The molecular weight excluding hydrogens is 266 g/mol. The molecule has 0 fully saturated rings. The van der Waals surface area contributed by atoms with Crippen molar-refractivity contribution in [3.63, 3.8) is 0 Å². The smallest absolute Gasteiger partial charge is 0.239 e. The van der Waals surface area contributed by atoms with Crippen molar-refractivity contribution in [2.45, 2.75) is 40.7 Å². The van der Waals surface area contributed by atoms with Gasteiger partial charge in [-0.3, -0.25) is 9.48 Å². The second-order valence-corrected chi connectivity index (χ2v) is 6.85. The summed E-state index contributed by atoms with van der Waals surface area (Å²) in [6.45, 7) is 8.00. The number of sulfone groups is 1. The van der Waals surface area contributed by atoms with Gasteiger partial charge in [0.05, 0.1) is 17.1 Å². The second kappa shape index (κ2) is 6.18. The van der Waals surface area contributed by atoms with Crippen LogP contribution in [0.3, 0.4) is 0 Å². The first-order chi connectivity index (χ1) is 8.80. The number of rotatable bonds is 6. The maximum Gasteiger partial charge on any atom is 0.239 e. The topological polar surface area (TPSA) is 81.1 Å². The molecule has 0 bridgehead atoms. The molecule has 1 amide bonds. The molecule has 1 rings (SSSR count). The van der Waals surface area contributed by atoms with Crippen LogP contribution in [0.15, 0.2) is 0 Å². The maximum absolute atomic E-state index is 11.7. The summed E-state index contributed by atoms with van der Waals surface area (Å²) in [6.07, 6.45) is 0.944. The molecule has 6 nitrogen and oxygen atoms in total. The van der Waals surface area contributed by atoms with Gasteiger partial charge in [0.15, 0.2) is 9.84 Å². The number of hydrogen-bond acceptors (Lipinski definition) is 4. The van der Waals surface area contributed by atoms with Crippen molar-refractivity contribution in [2.24, 2.45) is 0 Å². The quantitative estimate of drug-likeness (QED) is 0.854. The van der Waals surface area contributed by atoms with E-state index in [2.05, 4.69) is 10.4 Å². The molecule has 0 atom stereocenters. The van der Waals surface area contributed by atoms with E-state index in [0.717, 1.165) is 18.7 Å². The molecule has 19 heavy (non-hydrogen) atoms. The Bertz CT molecular complexity index is 561. The third-order valence-corrected chi connectivity index (χ3v) is 4.45. The summed E-state index contributed by atoms with van der Waals surface area (Å²) in [5, 5.41) is 6.97. The van der Waals surface area contributed by atoms with E-state index >= 15 is 0 Å². The van der Waals surface area contributed by atoms with Gasteiger partial charge in [-0.05, 0) is 20.3 Å². The lowest BCUT2D eigenvalue weighted by atomic mass is 10.3. The van der Waals surface area contributed by atoms with Gasteiger partial charge in [-0.25, -0.2) is 8.42 Å². The SMILES string of the molecule is CCCn1nc(C)c(NC(=O)CS(=O)(=O)CC)c1C. The van der Waals surface area contributed by atoms with E-state index in [9.17, 15) is 13.2 Å². The average molecular weight is 287 g/mol. The molecule has 0 radical (unpaired) electrons. The number of aromatic nitrogens is 2. The Balaban J connectivity index is 2.86. The van der Waals surface area contributed by atoms with E-state index in [1.165, 1.54) is 6.92 Å². The Labute approximate surface area is 114 Å². The Morgan fingerprint density at radius 3 is 2.47 bits per heavy atom. The van der Waals surface area contributed by atoms with Gasteiger partial charge >= 0.3 is 0 Å². The summed E-state index contributed by atoms with van der Waals surface area (Å²) < 4.78 is 24.6. The first kappa shape index (κ1) is 15.7. The largest absolute Gasteiger partial charge is 0.322 e. The van der Waals surface area contributed by atoms with Crippen molar-refractivity contribution in [3.8, 4) is 0 Å². The summed E-state index contributed by atoms with van der Waals surface area (Å²) in [5.41, 5.74) is 2.17. The first-order valence-corrected chi connectivity index (χ1v) is 8.17. The second-order valence-electron chi connectivity index (χ2n) is 4.49. The zero-order chi connectivity index (χ0) is 14.6. The highest BCUT2D eigenvalue weighted by Gasteiger charge is 2.18. The minimum absolute atomic E-state index is 0.0342. The fraction of sp³-hybridized carbons (Fsp3) is 0.667. The molecule has 1 N–H and O–H groups in total. The molecule has 0 unspecified atom stereocenters. The lowest BCUT2D eigenvalue weighted by Crippen LogP contribution is -2.24. The highest BCUT2D eigenvalue weighted by Crippen LogP contribution is 2.19. The lowest BCUT2D eigenvalue weighted by Gasteiger charge is -2.06. The van der Waals surface area contributed by atoms with Crippen LogP contribution in [0.2, 0.25) is 0 Å². The van der Waals surface area contributed by atoms with Gasteiger partial charge in [-0.15, -0.1) is 0 Å². The van der Waals surface area contributed by atoms with Gasteiger partial charge in [0.2, 0.25) is 5.91 Å². The highest BCUT2D eigenvalue weighted by molar-refractivity contribution is 7.92. The third kappa shape index (κ3) is 4.05.